The van der Waals surface area contributed by atoms with E-state index in [9.17, 15) is 4.79 Å². The summed E-state index contributed by atoms with van der Waals surface area (Å²) < 4.78 is 5.22. The smallest absolute Gasteiger partial charge is 0.239 e. The van der Waals surface area contributed by atoms with Crippen LogP contribution in [0.4, 0.5) is 0 Å². The zero-order valence-corrected chi connectivity index (χ0v) is 18.1. The first-order chi connectivity index (χ1) is 14.1. The fourth-order valence-corrected chi connectivity index (χ4v) is 4.00. The first-order valence-electron chi connectivity index (χ1n) is 10.8. The molecule has 0 spiro atoms. The lowest BCUT2D eigenvalue weighted by Crippen LogP contribution is -2.57. The molecule has 1 aromatic rings. The molecule has 0 bridgehead atoms. The lowest BCUT2D eigenvalue weighted by Gasteiger charge is -2.39. The number of likely N-dealkylation sites (tertiary alicyclic amines) is 1. The van der Waals surface area contributed by atoms with Crippen LogP contribution in [0.5, 0.6) is 5.75 Å². The molecule has 0 aliphatic carbocycles. The second-order valence-corrected chi connectivity index (χ2v) is 7.75. The average molecular weight is 402 g/mol. The minimum Gasteiger partial charge on any atom is -0.497 e. The van der Waals surface area contributed by atoms with Crippen LogP contribution in [-0.2, 0) is 11.3 Å². The van der Waals surface area contributed by atoms with Crippen molar-refractivity contribution in [2.24, 2.45) is 4.99 Å². The summed E-state index contributed by atoms with van der Waals surface area (Å²) in [6.45, 7) is 11.0. The Kier molecular flexibility index (Phi) is 7.75. The van der Waals surface area contributed by atoms with Crippen molar-refractivity contribution in [1.82, 2.24) is 20.0 Å². The Bertz CT molecular complexity index is 677. The highest BCUT2D eigenvalue weighted by Crippen LogP contribution is 2.15. The summed E-state index contributed by atoms with van der Waals surface area (Å²) in [6, 6.07) is 8.00. The molecule has 1 aromatic carbocycles. The first kappa shape index (κ1) is 21.4. The van der Waals surface area contributed by atoms with Crippen molar-refractivity contribution in [1.29, 1.82) is 0 Å². The van der Waals surface area contributed by atoms with Gasteiger partial charge in [0, 0.05) is 45.8 Å². The minimum atomic E-state index is -0.0333. The number of nitrogens with one attached hydrogen (secondary N) is 1. The maximum Gasteiger partial charge on any atom is 0.239 e. The van der Waals surface area contributed by atoms with Gasteiger partial charge in [0.05, 0.1) is 19.7 Å². The number of carbonyl (C=O) groups is 1. The van der Waals surface area contributed by atoms with Gasteiger partial charge in [0.25, 0.3) is 0 Å². The SMILES string of the molecule is CCNC(=NCc1ccc(OC)cc1)N1CCN(C(C)C(=O)N2CCCC2)CC1. The van der Waals surface area contributed by atoms with Crippen LogP contribution < -0.4 is 10.1 Å². The quantitative estimate of drug-likeness (QED) is 0.582. The van der Waals surface area contributed by atoms with Crippen molar-refractivity contribution in [3.8, 4) is 5.75 Å². The zero-order chi connectivity index (χ0) is 20.6. The summed E-state index contributed by atoms with van der Waals surface area (Å²) in [5.74, 6) is 2.09. The molecule has 160 valence electrons. The van der Waals surface area contributed by atoms with E-state index in [1.165, 1.54) is 0 Å². The second kappa shape index (κ2) is 10.5. The van der Waals surface area contributed by atoms with Crippen LogP contribution in [0.1, 0.15) is 32.3 Å². The number of carbonyl (C=O) groups excluding carboxylic acids is 1. The molecule has 29 heavy (non-hydrogen) atoms. The number of hydrogen-bond acceptors (Lipinski definition) is 4. The molecular weight excluding hydrogens is 366 g/mol. The summed E-state index contributed by atoms with van der Waals surface area (Å²) >= 11 is 0. The minimum absolute atomic E-state index is 0.0333. The van der Waals surface area contributed by atoms with Crippen molar-refractivity contribution in [2.75, 3.05) is 52.9 Å². The maximum atomic E-state index is 12.7. The average Bonchev–Trinajstić information content (AvgIpc) is 3.31. The number of ether oxygens (including phenoxy) is 1. The summed E-state index contributed by atoms with van der Waals surface area (Å²) in [7, 11) is 1.68. The molecule has 7 heteroatoms. The van der Waals surface area contributed by atoms with Gasteiger partial charge in [0.15, 0.2) is 5.96 Å². The highest BCUT2D eigenvalue weighted by atomic mass is 16.5. The lowest BCUT2D eigenvalue weighted by atomic mass is 10.2. The molecule has 7 nitrogen and oxygen atoms in total. The van der Waals surface area contributed by atoms with Crippen LogP contribution in [0.15, 0.2) is 29.3 Å². The van der Waals surface area contributed by atoms with Crippen molar-refractivity contribution in [3.05, 3.63) is 29.8 Å². The number of methoxy groups -OCH3 is 1. The molecular formula is C22H35N5O2. The van der Waals surface area contributed by atoms with Crippen molar-refractivity contribution >= 4 is 11.9 Å². The summed E-state index contributed by atoms with van der Waals surface area (Å²) in [4.78, 5) is 24.2. The Morgan fingerprint density at radius 2 is 1.72 bits per heavy atom. The number of hydrogen-bond donors (Lipinski definition) is 1. The van der Waals surface area contributed by atoms with Crippen molar-refractivity contribution < 1.29 is 9.53 Å². The molecule has 2 heterocycles. The van der Waals surface area contributed by atoms with E-state index in [0.717, 1.165) is 75.9 Å². The van der Waals surface area contributed by atoms with Gasteiger partial charge < -0.3 is 19.9 Å². The van der Waals surface area contributed by atoms with Gasteiger partial charge >= 0.3 is 0 Å². The van der Waals surface area contributed by atoms with E-state index in [2.05, 4.69) is 41.1 Å². The van der Waals surface area contributed by atoms with Gasteiger partial charge in [-0.15, -0.1) is 0 Å². The third-order valence-electron chi connectivity index (χ3n) is 5.84. The van der Waals surface area contributed by atoms with E-state index in [1.807, 2.05) is 17.0 Å². The predicted molar refractivity (Wildman–Crippen MR) is 116 cm³/mol. The normalized spacial score (nSPS) is 19.3. The molecule has 2 saturated heterocycles. The Labute approximate surface area is 174 Å². The van der Waals surface area contributed by atoms with E-state index in [0.29, 0.717) is 6.54 Å². The van der Waals surface area contributed by atoms with E-state index < -0.39 is 0 Å². The Morgan fingerprint density at radius 3 is 2.31 bits per heavy atom. The van der Waals surface area contributed by atoms with Crippen molar-refractivity contribution in [3.63, 3.8) is 0 Å². The van der Waals surface area contributed by atoms with E-state index >= 15 is 0 Å². The standard InChI is InChI=1S/C22H35N5O2/c1-4-23-22(24-17-19-7-9-20(29-3)10-8-19)27-15-13-25(14-16-27)18(2)21(28)26-11-5-6-12-26/h7-10,18H,4-6,11-17H2,1-3H3,(H,23,24). The number of nitrogens with zero attached hydrogens (tertiary/aromatic N) is 4. The van der Waals surface area contributed by atoms with Crippen LogP contribution in [0.25, 0.3) is 0 Å². The van der Waals surface area contributed by atoms with Gasteiger partial charge in [0.1, 0.15) is 5.75 Å². The molecule has 1 unspecified atom stereocenters. The Hall–Kier alpha value is -2.28. The topological polar surface area (TPSA) is 60.4 Å². The number of amides is 1. The van der Waals surface area contributed by atoms with Crippen molar-refractivity contribution in [2.45, 2.75) is 39.3 Å². The molecule has 1 amide bonds. The number of aliphatic imine (C=N–C) groups is 1. The molecule has 0 aromatic heterocycles. The fourth-order valence-electron chi connectivity index (χ4n) is 4.00. The Balaban J connectivity index is 1.55. The Morgan fingerprint density at radius 1 is 1.07 bits per heavy atom. The molecule has 2 aliphatic heterocycles. The van der Waals surface area contributed by atoms with Gasteiger partial charge in [-0.2, -0.15) is 0 Å². The van der Waals surface area contributed by atoms with E-state index in [-0.39, 0.29) is 11.9 Å². The second-order valence-electron chi connectivity index (χ2n) is 7.75. The van der Waals surface area contributed by atoms with Crippen LogP contribution in [0.3, 0.4) is 0 Å². The molecule has 0 saturated carbocycles. The highest BCUT2D eigenvalue weighted by Gasteiger charge is 2.30. The highest BCUT2D eigenvalue weighted by molar-refractivity contribution is 5.82. The predicted octanol–water partition coefficient (Wildman–Crippen LogP) is 1.79. The summed E-state index contributed by atoms with van der Waals surface area (Å²) in [5.41, 5.74) is 1.16. The third-order valence-corrected chi connectivity index (χ3v) is 5.84. The molecule has 1 N–H and O–H groups in total. The van der Waals surface area contributed by atoms with Crippen LogP contribution in [0.2, 0.25) is 0 Å². The molecule has 1 atom stereocenters. The molecule has 3 rings (SSSR count). The molecule has 0 radical (unpaired) electrons. The van der Waals surface area contributed by atoms with E-state index in [4.69, 9.17) is 9.73 Å². The molecule has 2 fully saturated rings. The van der Waals surface area contributed by atoms with Gasteiger partial charge in [-0.3, -0.25) is 9.69 Å². The monoisotopic (exact) mass is 401 g/mol. The first-order valence-corrected chi connectivity index (χ1v) is 10.8. The van der Waals surface area contributed by atoms with Gasteiger partial charge in [0.2, 0.25) is 5.91 Å². The van der Waals surface area contributed by atoms with Gasteiger partial charge in [-0.05, 0) is 44.4 Å². The number of rotatable bonds is 6. The summed E-state index contributed by atoms with van der Waals surface area (Å²) in [5, 5.41) is 3.41. The largest absolute Gasteiger partial charge is 0.497 e. The number of guanidine groups is 1. The third kappa shape index (κ3) is 5.63. The lowest BCUT2D eigenvalue weighted by molar-refractivity contribution is -0.135. The van der Waals surface area contributed by atoms with Crippen LogP contribution in [0, 0.1) is 0 Å². The van der Waals surface area contributed by atoms with E-state index in [1.54, 1.807) is 7.11 Å². The zero-order valence-electron chi connectivity index (χ0n) is 18.1. The van der Waals surface area contributed by atoms with Gasteiger partial charge in [-0.1, -0.05) is 12.1 Å². The van der Waals surface area contributed by atoms with Crippen LogP contribution >= 0.6 is 0 Å². The summed E-state index contributed by atoms with van der Waals surface area (Å²) in [6.07, 6.45) is 2.28. The van der Waals surface area contributed by atoms with Gasteiger partial charge in [-0.25, -0.2) is 4.99 Å². The maximum absolute atomic E-state index is 12.7. The fraction of sp³-hybridized carbons (Fsp3) is 0.636. The number of benzene rings is 1. The van der Waals surface area contributed by atoms with Crippen LogP contribution in [-0.4, -0.2) is 85.5 Å². The number of piperazine rings is 1. The molecule has 2 aliphatic rings.